The molecule has 0 saturated heterocycles. The van der Waals surface area contributed by atoms with Crippen LogP contribution in [0, 0.1) is 0 Å². The minimum absolute atomic E-state index is 0.317. The quantitative estimate of drug-likeness (QED) is 0.851. The second-order valence-electron chi connectivity index (χ2n) is 3.42. The largest absolute Gasteiger partial charge is 0.282 e. The molecular weight excluding hydrogens is 318 g/mol. The molecule has 1 amide bonds. The van der Waals surface area contributed by atoms with Gasteiger partial charge >= 0.3 is 0 Å². The van der Waals surface area contributed by atoms with E-state index < -0.39 is 0 Å². The van der Waals surface area contributed by atoms with Crippen molar-refractivity contribution in [3.05, 3.63) is 57.7 Å². The number of anilines is 1. The molecule has 0 aliphatic heterocycles. The van der Waals surface area contributed by atoms with Crippen LogP contribution in [0.2, 0.25) is 5.02 Å². The molecule has 1 heterocycles. The summed E-state index contributed by atoms with van der Waals surface area (Å²) in [5.41, 5.74) is 5.64. The Bertz CT molecular complexity index is 577. The fourth-order valence-corrected chi connectivity index (χ4v) is 1.86. The van der Waals surface area contributed by atoms with E-state index in [-0.39, 0.29) is 5.91 Å². The minimum Gasteiger partial charge on any atom is -0.282 e. The van der Waals surface area contributed by atoms with Crippen LogP contribution >= 0.6 is 27.5 Å². The Kier molecular flexibility index (Phi) is 4.17. The van der Waals surface area contributed by atoms with Crippen molar-refractivity contribution in [2.24, 2.45) is 0 Å². The maximum atomic E-state index is 11.8. The lowest BCUT2D eigenvalue weighted by molar-refractivity contribution is 0.0962. The Labute approximate surface area is 117 Å². The molecule has 0 aliphatic rings. The normalized spacial score (nSPS) is 9.89. The molecule has 4 nitrogen and oxygen atoms in total. The van der Waals surface area contributed by atoms with Crippen molar-refractivity contribution < 1.29 is 4.79 Å². The van der Waals surface area contributed by atoms with Gasteiger partial charge in [-0.2, -0.15) is 0 Å². The first-order chi connectivity index (χ1) is 8.66. The van der Waals surface area contributed by atoms with E-state index in [9.17, 15) is 4.79 Å². The molecule has 18 heavy (non-hydrogen) atoms. The first kappa shape index (κ1) is 12.9. The summed E-state index contributed by atoms with van der Waals surface area (Å²) < 4.78 is 0.868. The zero-order chi connectivity index (χ0) is 13.0. The molecule has 0 radical (unpaired) electrons. The number of aromatic nitrogens is 1. The lowest BCUT2D eigenvalue weighted by Crippen LogP contribution is -2.29. The molecule has 0 bridgehead atoms. The maximum absolute atomic E-state index is 11.8. The standard InChI is InChI=1S/C12H9BrClN3O/c13-8-5-6-15-11(7-8)16-17-12(18)9-3-1-2-4-10(9)14/h1-7H,(H,15,16)(H,17,18). The molecule has 2 rings (SSSR count). The van der Waals surface area contributed by atoms with Crippen LogP contribution in [-0.4, -0.2) is 10.9 Å². The molecule has 0 aliphatic carbocycles. The van der Waals surface area contributed by atoms with E-state index in [4.69, 9.17) is 11.6 Å². The molecule has 0 unspecified atom stereocenters. The number of nitrogens with zero attached hydrogens (tertiary/aromatic N) is 1. The summed E-state index contributed by atoms with van der Waals surface area (Å²) in [6.45, 7) is 0. The van der Waals surface area contributed by atoms with Gasteiger partial charge in [0.15, 0.2) is 0 Å². The summed E-state index contributed by atoms with van der Waals surface area (Å²) in [6.07, 6.45) is 1.62. The van der Waals surface area contributed by atoms with E-state index in [1.54, 1.807) is 42.6 Å². The number of halogens is 2. The second-order valence-corrected chi connectivity index (χ2v) is 4.74. The summed E-state index contributed by atoms with van der Waals surface area (Å²) >= 11 is 9.23. The number of hydrogen-bond acceptors (Lipinski definition) is 3. The Morgan fingerprint density at radius 3 is 2.78 bits per heavy atom. The average Bonchev–Trinajstić information content (AvgIpc) is 2.37. The number of hydrazine groups is 1. The van der Waals surface area contributed by atoms with E-state index >= 15 is 0 Å². The van der Waals surface area contributed by atoms with Crippen LogP contribution in [0.25, 0.3) is 0 Å². The summed E-state index contributed by atoms with van der Waals surface area (Å²) in [6, 6.07) is 10.4. The van der Waals surface area contributed by atoms with E-state index in [1.807, 2.05) is 0 Å². The first-order valence-corrected chi connectivity index (χ1v) is 6.26. The molecular formula is C12H9BrClN3O. The van der Waals surface area contributed by atoms with Crippen LogP contribution in [0.4, 0.5) is 5.82 Å². The number of carbonyl (C=O) groups is 1. The monoisotopic (exact) mass is 325 g/mol. The lowest BCUT2D eigenvalue weighted by atomic mass is 10.2. The molecule has 2 N–H and O–H groups in total. The van der Waals surface area contributed by atoms with Gasteiger partial charge in [-0.1, -0.05) is 39.7 Å². The highest BCUT2D eigenvalue weighted by Crippen LogP contribution is 2.15. The van der Waals surface area contributed by atoms with E-state index in [0.29, 0.717) is 16.4 Å². The van der Waals surface area contributed by atoms with Crippen molar-refractivity contribution in [3.8, 4) is 0 Å². The number of carbonyl (C=O) groups excluding carboxylic acids is 1. The van der Waals surface area contributed by atoms with E-state index in [1.165, 1.54) is 0 Å². The Balaban J connectivity index is 2.03. The molecule has 6 heteroatoms. The van der Waals surface area contributed by atoms with Gasteiger partial charge in [-0.3, -0.25) is 15.6 Å². The maximum Gasteiger partial charge on any atom is 0.271 e. The third kappa shape index (κ3) is 3.21. The van der Waals surface area contributed by atoms with Crippen molar-refractivity contribution in [3.63, 3.8) is 0 Å². The Hall–Kier alpha value is -1.59. The molecule has 2 aromatic rings. The van der Waals surface area contributed by atoms with Gasteiger partial charge in [0.2, 0.25) is 0 Å². The SMILES string of the molecule is O=C(NNc1cc(Br)ccn1)c1ccccc1Cl. The highest BCUT2D eigenvalue weighted by Gasteiger charge is 2.08. The van der Waals surface area contributed by atoms with Crippen LogP contribution in [0.1, 0.15) is 10.4 Å². The van der Waals surface area contributed by atoms with Crippen LogP contribution in [0.15, 0.2) is 47.1 Å². The van der Waals surface area contributed by atoms with Gasteiger partial charge in [-0.05, 0) is 24.3 Å². The summed E-state index contributed by atoms with van der Waals surface area (Å²) in [7, 11) is 0. The smallest absolute Gasteiger partial charge is 0.271 e. The molecule has 1 aromatic heterocycles. The molecule has 1 aromatic carbocycles. The summed E-state index contributed by atoms with van der Waals surface area (Å²) in [5.74, 6) is 0.215. The predicted octanol–water partition coefficient (Wildman–Crippen LogP) is 3.25. The highest BCUT2D eigenvalue weighted by atomic mass is 79.9. The van der Waals surface area contributed by atoms with Gasteiger partial charge in [0.05, 0.1) is 10.6 Å². The second kappa shape index (κ2) is 5.84. The zero-order valence-corrected chi connectivity index (χ0v) is 11.5. The zero-order valence-electron chi connectivity index (χ0n) is 9.15. The van der Waals surface area contributed by atoms with Gasteiger partial charge in [0.1, 0.15) is 5.82 Å². The van der Waals surface area contributed by atoms with Gasteiger partial charge < -0.3 is 0 Å². The summed E-state index contributed by atoms with van der Waals surface area (Å²) in [5, 5.41) is 0.402. The number of benzene rings is 1. The fourth-order valence-electron chi connectivity index (χ4n) is 1.31. The lowest BCUT2D eigenvalue weighted by Gasteiger charge is -2.08. The van der Waals surface area contributed by atoms with Crippen molar-refractivity contribution in [1.29, 1.82) is 0 Å². The Morgan fingerprint density at radius 2 is 2.06 bits per heavy atom. The van der Waals surface area contributed by atoms with E-state index in [0.717, 1.165) is 4.47 Å². The van der Waals surface area contributed by atoms with Gasteiger partial charge in [0.25, 0.3) is 5.91 Å². The van der Waals surface area contributed by atoms with Crippen LogP contribution < -0.4 is 10.9 Å². The number of nitrogens with one attached hydrogen (secondary N) is 2. The van der Waals surface area contributed by atoms with Crippen molar-refractivity contribution >= 4 is 39.3 Å². The molecule has 0 atom stereocenters. The van der Waals surface area contributed by atoms with Crippen molar-refractivity contribution in [2.75, 3.05) is 5.43 Å². The third-order valence-electron chi connectivity index (χ3n) is 2.14. The van der Waals surface area contributed by atoms with Crippen LogP contribution in [0.3, 0.4) is 0 Å². The number of rotatable bonds is 3. The third-order valence-corrected chi connectivity index (χ3v) is 2.97. The fraction of sp³-hybridized carbons (Fsp3) is 0. The molecule has 0 spiro atoms. The topological polar surface area (TPSA) is 54.0 Å². The molecule has 0 saturated carbocycles. The predicted molar refractivity (Wildman–Crippen MR) is 74.5 cm³/mol. The number of hydrogen-bond donors (Lipinski definition) is 2. The average molecular weight is 327 g/mol. The first-order valence-electron chi connectivity index (χ1n) is 5.09. The highest BCUT2D eigenvalue weighted by molar-refractivity contribution is 9.10. The van der Waals surface area contributed by atoms with Gasteiger partial charge in [-0.25, -0.2) is 4.98 Å². The van der Waals surface area contributed by atoms with Gasteiger partial charge in [-0.15, -0.1) is 0 Å². The molecule has 0 fully saturated rings. The van der Waals surface area contributed by atoms with Crippen molar-refractivity contribution in [1.82, 2.24) is 10.4 Å². The van der Waals surface area contributed by atoms with Gasteiger partial charge in [0, 0.05) is 10.7 Å². The number of amides is 1. The van der Waals surface area contributed by atoms with Crippen LogP contribution in [0.5, 0.6) is 0 Å². The number of pyridine rings is 1. The molecule has 92 valence electrons. The minimum atomic E-state index is -0.317. The Morgan fingerprint density at radius 1 is 1.28 bits per heavy atom. The van der Waals surface area contributed by atoms with Crippen molar-refractivity contribution in [2.45, 2.75) is 0 Å². The summed E-state index contributed by atoms with van der Waals surface area (Å²) in [4.78, 5) is 15.9. The van der Waals surface area contributed by atoms with E-state index in [2.05, 4.69) is 31.8 Å². The van der Waals surface area contributed by atoms with Crippen LogP contribution in [-0.2, 0) is 0 Å².